The fourth-order valence-electron chi connectivity index (χ4n) is 4.76. The number of carbonyl (C=O) groups excluding carboxylic acids is 1. The zero-order valence-corrected chi connectivity index (χ0v) is 20.6. The van der Waals surface area contributed by atoms with E-state index in [9.17, 15) is 9.59 Å². The van der Waals surface area contributed by atoms with Crippen LogP contribution in [0.15, 0.2) is 24.3 Å². The Hall–Kier alpha value is -4.24. The maximum absolute atomic E-state index is 12.3. The van der Waals surface area contributed by atoms with Gasteiger partial charge in [0.1, 0.15) is 17.1 Å². The van der Waals surface area contributed by atoms with E-state index in [0.29, 0.717) is 50.2 Å². The molecule has 2 aromatic rings. The predicted molar refractivity (Wildman–Crippen MR) is 140 cm³/mol. The van der Waals surface area contributed by atoms with Gasteiger partial charge in [-0.1, -0.05) is 0 Å². The second-order valence-corrected chi connectivity index (χ2v) is 9.26. The number of nitrogens with one attached hydrogen (secondary N) is 2. The summed E-state index contributed by atoms with van der Waals surface area (Å²) < 4.78 is 0. The molecule has 2 aliphatic rings. The molecule has 3 heterocycles. The summed E-state index contributed by atoms with van der Waals surface area (Å²) in [5.74, 6) is -0.537. The van der Waals surface area contributed by atoms with Crippen LogP contribution in [-0.2, 0) is 4.79 Å². The Kier molecular flexibility index (Phi) is 8.15. The van der Waals surface area contributed by atoms with Gasteiger partial charge >= 0.3 is 5.97 Å². The highest BCUT2D eigenvalue weighted by Crippen LogP contribution is 2.28. The monoisotopic (exact) mass is 505 g/mol. The average molecular weight is 506 g/mol. The number of anilines is 4. The standard InChI is InChI=1S/C25H31N9O3/c26-8-5-17-6-9-34(10-7-17)25-30-20(15-27)22(23(28)37)24(31-25)29-18-1-3-19(4-2-18)33-13-11-32(12-14-33)16-21(35)36/h1-4,15,17,27H,5-7,9-14,16H2,(H2,28,37)(H,35,36)(H,29,30,31). The van der Waals surface area contributed by atoms with E-state index >= 15 is 0 Å². The van der Waals surface area contributed by atoms with Crippen molar-refractivity contribution in [2.24, 2.45) is 11.7 Å². The lowest BCUT2D eigenvalue weighted by Gasteiger charge is -2.35. The first-order valence-corrected chi connectivity index (χ1v) is 12.3. The molecule has 5 N–H and O–H groups in total. The molecule has 0 unspecified atom stereocenters. The number of rotatable bonds is 9. The van der Waals surface area contributed by atoms with E-state index in [1.54, 1.807) is 0 Å². The average Bonchev–Trinajstić information content (AvgIpc) is 2.89. The minimum atomic E-state index is -0.818. The minimum absolute atomic E-state index is 0.0510. The minimum Gasteiger partial charge on any atom is -0.480 e. The predicted octanol–water partition coefficient (Wildman–Crippen LogP) is 1.65. The Balaban J connectivity index is 1.50. The summed E-state index contributed by atoms with van der Waals surface area (Å²) in [6.45, 7) is 4.25. The number of nitrogens with two attached hydrogens (primary N) is 1. The molecule has 2 fully saturated rings. The highest BCUT2D eigenvalue weighted by Gasteiger charge is 2.25. The summed E-state index contributed by atoms with van der Waals surface area (Å²) in [4.78, 5) is 38.3. The normalized spacial score (nSPS) is 16.7. The highest BCUT2D eigenvalue weighted by molar-refractivity contribution is 6.04. The van der Waals surface area contributed by atoms with Gasteiger partial charge in [0.05, 0.1) is 12.6 Å². The summed E-state index contributed by atoms with van der Waals surface area (Å²) in [7, 11) is 0. The van der Waals surface area contributed by atoms with Crippen molar-refractivity contribution in [1.82, 2.24) is 14.9 Å². The molecule has 2 aliphatic heterocycles. The van der Waals surface area contributed by atoms with Crippen LogP contribution >= 0.6 is 0 Å². The van der Waals surface area contributed by atoms with Gasteiger partial charge in [-0.05, 0) is 43.0 Å². The first-order valence-electron chi connectivity index (χ1n) is 12.3. The van der Waals surface area contributed by atoms with E-state index in [-0.39, 0.29) is 23.6 Å². The number of benzene rings is 1. The second kappa shape index (κ2) is 11.7. The molecular formula is C25H31N9O3. The summed E-state index contributed by atoms with van der Waals surface area (Å²) in [5, 5.41) is 28.9. The van der Waals surface area contributed by atoms with Crippen LogP contribution in [0.2, 0.25) is 0 Å². The van der Waals surface area contributed by atoms with Crippen LogP contribution in [0.1, 0.15) is 35.3 Å². The Morgan fingerprint density at radius 2 is 1.78 bits per heavy atom. The number of carboxylic acid groups (broad SMARTS) is 1. The van der Waals surface area contributed by atoms with E-state index in [1.165, 1.54) is 0 Å². The number of primary amides is 1. The number of hydrogen-bond donors (Lipinski definition) is 4. The molecule has 2 saturated heterocycles. The Bertz CT molecular complexity index is 1180. The maximum atomic E-state index is 12.3. The quantitative estimate of drug-likeness (QED) is 0.367. The zero-order chi connectivity index (χ0) is 26.4. The first-order chi connectivity index (χ1) is 17.9. The van der Waals surface area contributed by atoms with Gasteiger partial charge in [0.15, 0.2) is 0 Å². The number of carboxylic acids is 1. The van der Waals surface area contributed by atoms with Crippen molar-refractivity contribution < 1.29 is 14.7 Å². The lowest BCUT2D eigenvalue weighted by Crippen LogP contribution is -2.47. The smallest absolute Gasteiger partial charge is 0.317 e. The molecule has 0 saturated carbocycles. The van der Waals surface area contributed by atoms with E-state index in [4.69, 9.17) is 21.5 Å². The van der Waals surface area contributed by atoms with Gasteiger partial charge in [0, 0.05) is 63.3 Å². The molecule has 37 heavy (non-hydrogen) atoms. The summed E-state index contributed by atoms with van der Waals surface area (Å²) >= 11 is 0. The van der Waals surface area contributed by atoms with Crippen molar-refractivity contribution in [2.75, 3.05) is 60.9 Å². The SMILES string of the molecule is N#CCC1CCN(c2nc(C=N)c(C(N)=O)c(Nc3ccc(N4CCN(CC(=O)O)CC4)cc3)n2)CC1. The number of nitriles is 1. The number of carbonyl (C=O) groups is 2. The van der Waals surface area contributed by atoms with Crippen molar-refractivity contribution in [3.05, 3.63) is 35.5 Å². The van der Waals surface area contributed by atoms with Crippen molar-refractivity contribution >= 4 is 41.2 Å². The number of aromatic nitrogens is 2. The van der Waals surface area contributed by atoms with Crippen molar-refractivity contribution in [3.8, 4) is 6.07 Å². The molecule has 1 aromatic carbocycles. The fourth-order valence-corrected chi connectivity index (χ4v) is 4.76. The highest BCUT2D eigenvalue weighted by atomic mass is 16.4. The van der Waals surface area contributed by atoms with Crippen LogP contribution in [0, 0.1) is 22.7 Å². The molecule has 1 amide bonds. The number of nitrogens with zero attached hydrogens (tertiary/aromatic N) is 6. The summed E-state index contributed by atoms with van der Waals surface area (Å²) in [6.07, 6.45) is 3.24. The Labute approximate surface area is 215 Å². The third-order valence-electron chi connectivity index (χ3n) is 6.81. The van der Waals surface area contributed by atoms with E-state index in [1.807, 2.05) is 34.1 Å². The third-order valence-corrected chi connectivity index (χ3v) is 6.81. The fraction of sp³-hybridized carbons (Fsp3) is 0.440. The van der Waals surface area contributed by atoms with Crippen LogP contribution in [0.4, 0.5) is 23.1 Å². The van der Waals surface area contributed by atoms with Crippen LogP contribution < -0.4 is 20.9 Å². The molecule has 0 radical (unpaired) electrons. The van der Waals surface area contributed by atoms with E-state index < -0.39 is 11.9 Å². The molecule has 1 aromatic heterocycles. The molecule has 194 valence electrons. The van der Waals surface area contributed by atoms with Gasteiger partial charge in [-0.3, -0.25) is 14.5 Å². The van der Waals surface area contributed by atoms with E-state index in [2.05, 4.69) is 26.3 Å². The number of piperidine rings is 1. The summed E-state index contributed by atoms with van der Waals surface area (Å²) in [6, 6.07) is 9.90. The van der Waals surface area contributed by atoms with E-state index in [0.717, 1.165) is 37.8 Å². The number of hydrogen-bond acceptors (Lipinski definition) is 10. The Morgan fingerprint density at radius 1 is 1.11 bits per heavy atom. The van der Waals surface area contributed by atoms with Gasteiger partial charge in [0.2, 0.25) is 5.95 Å². The number of amides is 1. The molecule has 12 nitrogen and oxygen atoms in total. The molecule has 0 spiro atoms. The van der Waals surface area contributed by atoms with Gasteiger partial charge in [0.25, 0.3) is 5.91 Å². The largest absolute Gasteiger partial charge is 0.480 e. The molecule has 0 bridgehead atoms. The van der Waals surface area contributed by atoms with Crippen molar-refractivity contribution in [3.63, 3.8) is 0 Å². The van der Waals surface area contributed by atoms with Gasteiger partial charge in [-0.25, -0.2) is 4.98 Å². The van der Waals surface area contributed by atoms with Crippen LogP contribution in [0.5, 0.6) is 0 Å². The van der Waals surface area contributed by atoms with Crippen molar-refractivity contribution in [1.29, 1.82) is 10.7 Å². The van der Waals surface area contributed by atoms with Crippen LogP contribution in [-0.4, -0.2) is 83.9 Å². The number of piperazine rings is 1. The molecule has 0 aliphatic carbocycles. The molecule has 4 rings (SSSR count). The van der Waals surface area contributed by atoms with Crippen LogP contribution in [0.25, 0.3) is 0 Å². The topological polar surface area (TPSA) is 176 Å². The molecule has 12 heteroatoms. The first kappa shape index (κ1) is 25.8. The third kappa shape index (κ3) is 6.31. The lowest BCUT2D eigenvalue weighted by molar-refractivity contribution is -0.138. The maximum Gasteiger partial charge on any atom is 0.317 e. The summed E-state index contributed by atoms with van der Waals surface area (Å²) in [5.41, 5.74) is 7.55. The van der Waals surface area contributed by atoms with Gasteiger partial charge in [-0.15, -0.1) is 0 Å². The lowest BCUT2D eigenvalue weighted by atomic mass is 9.94. The zero-order valence-electron chi connectivity index (χ0n) is 20.6. The van der Waals surface area contributed by atoms with Gasteiger partial charge < -0.3 is 31.4 Å². The van der Waals surface area contributed by atoms with Crippen LogP contribution in [0.3, 0.4) is 0 Å². The Morgan fingerprint density at radius 3 is 2.35 bits per heavy atom. The van der Waals surface area contributed by atoms with Crippen molar-refractivity contribution in [2.45, 2.75) is 19.3 Å². The van der Waals surface area contributed by atoms with Gasteiger partial charge in [-0.2, -0.15) is 10.2 Å². The second-order valence-electron chi connectivity index (χ2n) is 9.26. The molecule has 0 atom stereocenters. The number of aliphatic carboxylic acids is 1. The molecular weight excluding hydrogens is 474 g/mol.